The molecule has 0 bridgehead atoms. The topological polar surface area (TPSA) is 12.0 Å². The van der Waals surface area contributed by atoms with Crippen molar-refractivity contribution in [3.8, 4) is 0 Å². The molecule has 0 saturated carbocycles. The van der Waals surface area contributed by atoms with Crippen molar-refractivity contribution in [3.63, 3.8) is 0 Å². The van der Waals surface area contributed by atoms with E-state index in [0.717, 1.165) is 17.2 Å². The van der Waals surface area contributed by atoms with Crippen LogP contribution in [0.15, 0.2) is 128 Å². The van der Waals surface area contributed by atoms with Crippen LogP contribution in [0, 0.1) is 12.8 Å². The van der Waals surface area contributed by atoms with E-state index in [9.17, 15) is 0 Å². The first kappa shape index (κ1) is 30.7. The summed E-state index contributed by atoms with van der Waals surface area (Å²) >= 11 is 0. The summed E-state index contributed by atoms with van der Waals surface area (Å²) in [6.07, 6.45) is 5.45. The van der Waals surface area contributed by atoms with Gasteiger partial charge in [0, 0.05) is 5.69 Å². The van der Waals surface area contributed by atoms with Crippen LogP contribution in [0.1, 0.15) is 52.7 Å². The molecule has 0 fully saturated rings. The van der Waals surface area contributed by atoms with Crippen LogP contribution in [0.5, 0.6) is 0 Å². The van der Waals surface area contributed by atoms with Crippen LogP contribution in [0.4, 0.5) is 5.69 Å². The van der Waals surface area contributed by atoms with E-state index in [-0.39, 0.29) is 5.54 Å². The number of allylic oxidation sites excluding steroid dienone is 4. The Bertz CT molecular complexity index is 917. The van der Waals surface area contributed by atoms with Gasteiger partial charge in [0.05, 0.1) is 5.54 Å². The molecule has 0 spiro atoms. The van der Waals surface area contributed by atoms with Gasteiger partial charge in [-0.05, 0) is 51.3 Å². The van der Waals surface area contributed by atoms with Crippen molar-refractivity contribution in [2.24, 2.45) is 5.92 Å². The molecule has 34 heavy (non-hydrogen) atoms. The fraction of sp³-hybridized carbons (Fsp3) is 0.273. The number of nitrogens with one attached hydrogen (secondary N) is 1. The molecule has 0 saturated heterocycles. The quantitative estimate of drug-likeness (QED) is 0.377. The number of aryl methyl sites for hydroxylation is 1. The molecule has 1 heteroatoms. The Morgan fingerprint density at radius 3 is 1.50 bits per heavy atom. The van der Waals surface area contributed by atoms with Crippen molar-refractivity contribution >= 4 is 5.69 Å². The maximum absolute atomic E-state index is 3.56. The van der Waals surface area contributed by atoms with Gasteiger partial charge in [-0.25, -0.2) is 0 Å². The molecule has 0 radical (unpaired) electrons. The standard InChI is InChI=1S/C15H17N.C7H8.C7H10.C4H10/c1-15(2,13-9-5-3-6-10-13)16-14-11-7-4-8-12-14;1-7-5-3-2-4-6-7;1-4-6-7(3)5-2;1-4(2)3/h3-12,16H,1-2H3;2-6H,1H3;4-6H,1-2H2,3H3;4H,1-3H3/b;;7-6-;. The molecule has 0 aromatic heterocycles. The van der Waals surface area contributed by atoms with Crippen LogP contribution in [-0.2, 0) is 5.54 Å². The van der Waals surface area contributed by atoms with E-state index < -0.39 is 0 Å². The van der Waals surface area contributed by atoms with Crippen LogP contribution in [0.2, 0.25) is 0 Å². The molecule has 0 atom stereocenters. The fourth-order valence-electron chi connectivity index (χ4n) is 2.60. The first-order valence-corrected chi connectivity index (χ1v) is 11.9. The molecule has 3 aromatic carbocycles. The van der Waals surface area contributed by atoms with E-state index in [0.29, 0.717) is 0 Å². The molecule has 3 rings (SSSR count). The zero-order valence-electron chi connectivity index (χ0n) is 22.4. The number of hydrogen-bond acceptors (Lipinski definition) is 1. The van der Waals surface area contributed by atoms with Gasteiger partial charge in [0.1, 0.15) is 0 Å². The highest BCUT2D eigenvalue weighted by molar-refractivity contribution is 5.47. The molecule has 0 aliphatic rings. The van der Waals surface area contributed by atoms with Crippen molar-refractivity contribution in [1.82, 2.24) is 0 Å². The first-order chi connectivity index (χ1) is 16.1. The minimum atomic E-state index is -0.0530. The Kier molecular flexibility index (Phi) is 16.4. The van der Waals surface area contributed by atoms with Gasteiger partial charge in [0.2, 0.25) is 0 Å². The average molecular weight is 456 g/mol. The summed E-state index contributed by atoms with van der Waals surface area (Å²) in [4.78, 5) is 0. The van der Waals surface area contributed by atoms with E-state index in [2.05, 4.69) is 109 Å². The number of benzene rings is 3. The van der Waals surface area contributed by atoms with Crippen molar-refractivity contribution in [2.45, 2.75) is 54.0 Å². The number of hydrogen-bond donors (Lipinski definition) is 1. The summed E-state index contributed by atoms with van der Waals surface area (Å²) < 4.78 is 0. The maximum Gasteiger partial charge on any atom is 0.0569 e. The smallest absolute Gasteiger partial charge is 0.0569 e. The van der Waals surface area contributed by atoms with Crippen LogP contribution in [-0.4, -0.2) is 0 Å². The zero-order chi connectivity index (χ0) is 25.8. The summed E-state index contributed by atoms with van der Waals surface area (Å²) in [5.74, 6) is 0.833. The Labute approximate surface area is 210 Å². The third-order valence-electron chi connectivity index (χ3n) is 4.37. The molecule has 1 nitrogen and oxygen atoms in total. The molecule has 0 heterocycles. The molecule has 0 aliphatic heterocycles. The third kappa shape index (κ3) is 16.3. The van der Waals surface area contributed by atoms with E-state index in [1.807, 2.05) is 55.5 Å². The summed E-state index contributed by atoms with van der Waals surface area (Å²) in [7, 11) is 0. The Balaban J connectivity index is 0.000000504. The number of rotatable bonds is 5. The zero-order valence-corrected chi connectivity index (χ0v) is 22.4. The van der Waals surface area contributed by atoms with Crippen molar-refractivity contribution < 1.29 is 0 Å². The Hall–Kier alpha value is -3.32. The normalized spacial score (nSPS) is 10.3. The van der Waals surface area contributed by atoms with Crippen LogP contribution in [0.25, 0.3) is 0 Å². The van der Waals surface area contributed by atoms with Crippen LogP contribution >= 0.6 is 0 Å². The highest BCUT2D eigenvalue weighted by Crippen LogP contribution is 2.24. The van der Waals surface area contributed by atoms with Crippen molar-refractivity contribution in [3.05, 3.63) is 139 Å². The second kappa shape index (κ2) is 18.1. The molecule has 1 N–H and O–H groups in total. The predicted molar refractivity (Wildman–Crippen MR) is 155 cm³/mol. The van der Waals surface area contributed by atoms with Gasteiger partial charge in [-0.1, -0.05) is 142 Å². The molecule has 0 amide bonds. The second-order valence-corrected chi connectivity index (χ2v) is 9.22. The van der Waals surface area contributed by atoms with Gasteiger partial charge in [0.25, 0.3) is 0 Å². The van der Waals surface area contributed by atoms with E-state index >= 15 is 0 Å². The Morgan fingerprint density at radius 1 is 0.765 bits per heavy atom. The van der Waals surface area contributed by atoms with Gasteiger partial charge in [-0.15, -0.1) is 0 Å². The van der Waals surface area contributed by atoms with E-state index in [4.69, 9.17) is 0 Å². The minimum absolute atomic E-state index is 0.0530. The highest BCUT2D eigenvalue weighted by Gasteiger charge is 2.19. The van der Waals surface area contributed by atoms with Gasteiger partial charge >= 0.3 is 0 Å². The van der Waals surface area contributed by atoms with Gasteiger partial charge in [0.15, 0.2) is 0 Å². The molecule has 0 unspecified atom stereocenters. The lowest BCUT2D eigenvalue weighted by molar-refractivity contribution is 0.609. The lowest BCUT2D eigenvalue weighted by atomic mass is 9.94. The number of anilines is 1. The van der Waals surface area contributed by atoms with Gasteiger partial charge < -0.3 is 5.32 Å². The predicted octanol–water partition coefficient (Wildman–Crippen LogP) is 10.00. The SMILES string of the molecule is C=C/C=C(/C)C=C.CC(C)(Nc1ccccc1)c1ccccc1.CC(C)C.Cc1ccccc1. The van der Waals surface area contributed by atoms with Gasteiger partial charge in [-0.2, -0.15) is 0 Å². The Morgan fingerprint density at radius 2 is 1.18 bits per heavy atom. The molecular formula is C33H45N. The minimum Gasteiger partial charge on any atom is -0.376 e. The second-order valence-electron chi connectivity index (χ2n) is 9.22. The van der Waals surface area contributed by atoms with E-state index in [1.54, 1.807) is 12.2 Å². The van der Waals surface area contributed by atoms with Crippen LogP contribution in [0.3, 0.4) is 0 Å². The van der Waals surface area contributed by atoms with Crippen molar-refractivity contribution in [1.29, 1.82) is 0 Å². The summed E-state index contributed by atoms with van der Waals surface area (Å²) in [6.45, 7) is 22.0. The first-order valence-electron chi connectivity index (χ1n) is 11.9. The lowest BCUT2D eigenvalue weighted by Crippen LogP contribution is -2.27. The summed E-state index contributed by atoms with van der Waals surface area (Å²) in [5, 5.41) is 3.53. The maximum atomic E-state index is 3.56. The summed E-state index contributed by atoms with van der Waals surface area (Å²) in [6, 6.07) is 31.0. The third-order valence-corrected chi connectivity index (χ3v) is 4.37. The van der Waals surface area contributed by atoms with Crippen LogP contribution < -0.4 is 5.32 Å². The molecule has 3 aromatic rings. The summed E-state index contributed by atoms with van der Waals surface area (Å²) in [5.41, 5.74) is 4.86. The lowest BCUT2D eigenvalue weighted by Gasteiger charge is -2.28. The average Bonchev–Trinajstić information content (AvgIpc) is 2.81. The number of para-hydroxylation sites is 1. The molecule has 182 valence electrons. The molecule has 0 aliphatic carbocycles. The largest absolute Gasteiger partial charge is 0.376 e. The van der Waals surface area contributed by atoms with Gasteiger partial charge in [-0.3, -0.25) is 0 Å². The monoisotopic (exact) mass is 455 g/mol. The van der Waals surface area contributed by atoms with E-state index in [1.165, 1.54) is 11.1 Å². The van der Waals surface area contributed by atoms with Crippen molar-refractivity contribution in [2.75, 3.05) is 5.32 Å². The fourth-order valence-corrected chi connectivity index (χ4v) is 2.60. The molecular weight excluding hydrogens is 410 g/mol. The highest BCUT2D eigenvalue weighted by atomic mass is 15.0.